The van der Waals surface area contributed by atoms with E-state index in [2.05, 4.69) is 139 Å². The molecule has 1 aliphatic heterocycles. The van der Waals surface area contributed by atoms with Crippen molar-refractivity contribution < 1.29 is 18.9 Å². The summed E-state index contributed by atoms with van der Waals surface area (Å²) in [5.41, 5.74) is 6.26. The fourth-order valence-electron chi connectivity index (χ4n) is 8.42. The molecular weight excluding hydrogens is 721 g/mol. The van der Waals surface area contributed by atoms with Gasteiger partial charge in [0.1, 0.15) is 40.6 Å². The molecule has 1 aliphatic rings. The van der Waals surface area contributed by atoms with Gasteiger partial charge in [-0.2, -0.15) is 5.10 Å². The molecule has 0 aliphatic carbocycles. The van der Waals surface area contributed by atoms with Crippen LogP contribution in [0.15, 0.2) is 188 Å². The molecule has 58 heavy (non-hydrogen) atoms. The van der Waals surface area contributed by atoms with Crippen molar-refractivity contribution in [2.75, 3.05) is 26.1 Å². The van der Waals surface area contributed by atoms with Gasteiger partial charge in [0.05, 0.1) is 32.6 Å². The Bertz CT molecular complexity index is 2490. The van der Waals surface area contributed by atoms with Gasteiger partial charge in [0, 0.05) is 6.42 Å². The Hall–Kier alpha value is -6.74. The first kappa shape index (κ1) is 36.9. The number of nitrogens with one attached hydrogen (secondary N) is 1. The van der Waals surface area contributed by atoms with E-state index in [0.29, 0.717) is 18.8 Å². The average molecular weight is 765 g/mol. The maximum absolute atomic E-state index is 7.40. The van der Waals surface area contributed by atoms with Gasteiger partial charge in [0.25, 0.3) is 0 Å². The molecule has 288 valence electrons. The van der Waals surface area contributed by atoms with E-state index in [1.165, 1.54) is 0 Å². The molecule has 0 radical (unpaired) electrons. The highest BCUT2D eigenvalue weighted by Crippen LogP contribution is 2.45. The summed E-state index contributed by atoms with van der Waals surface area (Å²) in [7, 11) is 3.37. The number of fused-ring (bicyclic) bond motifs is 1. The topological polar surface area (TPSA) is 79.1 Å². The number of rotatable bonds is 13. The smallest absolute Gasteiger partial charge is 0.155 e. The maximum atomic E-state index is 7.40. The molecule has 0 saturated carbocycles. The van der Waals surface area contributed by atoms with Gasteiger partial charge >= 0.3 is 0 Å². The van der Waals surface area contributed by atoms with Crippen LogP contribution in [-0.4, -0.2) is 41.5 Å². The molecular formula is C50H44N4O4. The van der Waals surface area contributed by atoms with Crippen molar-refractivity contribution in [3.05, 3.63) is 227 Å². The number of methoxy groups -OCH3 is 2. The standard InChI is InChI=1S/C50H44N4O4/c1-55-42-27-23-38(24-28-42)49(36-15-7-3-8-16-36,37-17-9-4-10-18-37)53-48-46-32-31-45(54(46)52-35-51-48)47-33-44(34-57-47)58-50(39-19-11-5-12-20-39,40-21-13-6-14-22-40)41-25-29-43(56-2)30-26-41/h3-32,35,44,47H,33-34H2,1-2H3,(H,51,52,53)/t44-,47+/m0/s1. The summed E-state index contributed by atoms with van der Waals surface area (Å²) >= 11 is 0. The predicted molar refractivity (Wildman–Crippen MR) is 226 cm³/mol. The van der Waals surface area contributed by atoms with Crippen LogP contribution in [0.1, 0.15) is 51.6 Å². The molecule has 3 heterocycles. The Morgan fingerprint density at radius 3 is 1.55 bits per heavy atom. The highest BCUT2D eigenvalue weighted by Gasteiger charge is 2.43. The zero-order chi connectivity index (χ0) is 39.4. The summed E-state index contributed by atoms with van der Waals surface area (Å²) in [4.78, 5) is 4.88. The van der Waals surface area contributed by atoms with Gasteiger partial charge < -0.3 is 24.3 Å². The Labute approximate surface area is 338 Å². The van der Waals surface area contributed by atoms with E-state index in [1.54, 1.807) is 20.5 Å². The normalized spacial score (nSPS) is 15.6. The molecule has 1 fully saturated rings. The number of ether oxygens (including phenoxy) is 4. The number of nitrogens with zero attached hydrogens (tertiary/aromatic N) is 3. The van der Waals surface area contributed by atoms with Gasteiger partial charge in [-0.3, -0.25) is 0 Å². The van der Waals surface area contributed by atoms with E-state index in [0.717, 1.165) is 56.1 Å². The molecule has 0 unspecified atom stereocenters. The molecule has 8 aromatic rings. The second-order valence-corrected chi connectivity index (χ2v) is 14.4. The van der Waals surface area contributed by atoms with Gasteiger partial charge in [0.2, 0.25) is 0 Å². The minimum Gasteiger partial charge on any atom is -0.497 e. The second kappa shape index (κ2) is 16.0. The van der Waals surface area contributed by atoms with Crippen molar-refractivity contribution in [3.63, 3.8) is 0 Å². The Balaban J connectivity index is 1.09. The molecule has 2 aromatic heterocycles. The van der Waals surface area contributed by atoms with Crippen molar-refractivity contribution >= 4 is 11.3 Å². The molecule has 0 bridgehead atoms. The fourth-order valence-corrected chi connectivity index (χ4v) is 8.42. The Kier molecular flexibility index (Phi) is 10.2. The van der Waals surface area contributed by atoms with Crippen LogP contribution in [0.5, 0.6) is 11.5 Å². The minimum atomic E-state index is -0.905. The number of anilines is 1. The third kappa shape index (κ3) is 6.66. The molecule has 1 saturated heterocycles. The molecule has 2 atom stereocenters. The quantitative estimate of drug-likeness (QED) is 0.117. The van der Waals surface area contributed by atoms with Gasteiger partial charge in [-0.05, 0) is 69.8 Å². The van der Waals surface area contributed by atoms with Crippen molar-refractivity contribution in [3.8, 4) is 11.5 Å². The largest absolute Gasteiger partial charge is 0.497 e. The van der Waals surface area contributed by atoms with Crippen molar-refractivity contribution in [1.82, 2.24) is 14.6 Å². The van der Waals surface area contributed by atoms with Crippen LogP contribution in [0.3, 0.4) is 0 Å². The SMILES string of the molecule is COc1ccc(C(Nc2ncnn3c([C@H]4C[C@H](OC(c5ccccc5)(c5ccccc5)c5ccc(OC)cc5)CO4)ccc23)(c2ccccc2)c2ccccc2)cc1. The van der Waals surface area contributed by atoms with Gasteiger partial charge in [-0.25, -0.2) is 9.50 Å². The summed E-state index contributed by atoms with van der Waals surface area (Å²) in [6.07, 6.45) is 1.72. The maximum Gasteiger partial charge on any atom is 0.155 e. The van der Waals surface area contributed by atoms with E-state index < -0.39 is 11.1 Å². The summed E-state index contributed by atoms with van der Waals surface area (Å²) in [5, 5.41) is 8.73. The van der Waals surface area contributed by atoms with Crippen molar-refractivity contribution in [2.45, 2.75) is 29.8 Å². The van der Waals surface area contributed by atoms with E-state index in [-0.39, 0.29) is 12.2 Å². The van der Waals surface area contributed by atoms with Crippen LogP contribution >= 0.6 is 0 Å². The van der Waals surface area contributed by atoms with Crippen LogP contribution in [0, 0.1) is 0 Å². The number of benzene rings is 6. The monoisotopic (exact) mass is 764 g/mol. The van der Waals surface area contributed by atoms with E-state index in [9.17, 15) is 0 Å². The first-order valence-electron chi connectivity index (χ1n) is 19.5. The Morgan fingerprint density at radius 1 is 0.569 bits per heavy atom. The lowest BCUT2D eigenvalue weighted by atomic mass is 9.77. The van der Waals surface area contributed by atoms with Crippen molar-refractivity contribution in [1.29, 1.82) is 0 Å². The first-order chi connectivity index (χ1) is 28.6. The van der Waals surface area contributed by atoms with E-state index in [1.807, 2.05) is 53.0 Å². The number of hydrogen-bond acceptors (Lipinski definition) is 7. The predicted octanol–water partition coefficient (Wildman–Crippen LogP) is 9.99. The third-order valence-electron chi connectivity index (χ3n) is 11.2. The summed E-state index contributed by atoms with van der Waals surface area (Å²) in [6, 6.07) is 62.3. The highest BCUT2D eigenvalue weighted by molar-refractivity contribution is 5.72. The van der Waals surface area contributed by atoms with Gasteiger partial charge in [0.15, 0.2) is 5.82 Å². The zero-order valence-electron chi connectivity index (χ0n) is 32.4. The molecule has 0 amide bonds. The summed E-state index contributed by atoms with van der Waals surface area (Å²) in [6.45, 7) is 0.411. The number of aromatic nitrogens is 3. The third-order valence-corrected chi connectivity index (χ3v) is 11.2. The molecule has 8 heteroatoms. The van der Waals surface area contributed by atoms with Crippen LogP contribution in [0.25, 0.3) is 5.52 Å². The molecule has 6 aromatic carbocycles. The first-order valence-corrected chi connectivity index (χ1v) is 19.5. The highest BCUT2D eigenvalue weighted by atomic mass is 16.6. The number of hydrogen-bond donors (Lipinski definition) is 1. The Morgan fingerprint density at radius 2 is 1.03 bits per heavy atom. The van der Waals surface area contributed by atoms with Gasteiger partial charge in [-0.1, -0.05) is 146 Å². The molecule has 9 rings (SSSR count). The van der Waals surface area contributed by atoms with E-state index in [4.69, 9.17) is 29.0 Å². The van der Waals surface area contributed by atoms with Gasteiger partial charge in [-0.15, -0.1) is 0 Å². The van der Waals surface area contributed by atoms with Crippen molar-refractivity contribution in [2.24, 2.45) is 0 Å². The zero-order valence-corrected chi connectivity index (χ0v) is 32.4. The van der Waals surface area contributed by atoms with Crippen LogP contribution in [0.4, 0.5) is 5.82 Å². The van der Waals surface area contributed by atoms with Crippen LogP contribution in [0.2, 0.25) is 0 Å². The summed E-state index contributed by atoms with van der Waals surface area (Å²) in [5.74, 6) is 2.25. The summed E-state index contributed by atoms with van der Waals surface area (Å²) < 4.78 is 27.1. The molecule has 8 nitrogen and oxygen atoms in total. The lowest BCUT2D eigenvalue weighted by molar-refractivity contribution is -0.0494. The second-order valence-electron chi connectivity index (χ2n) is 14.4. The average Bonchev–Trinajstić information content (AvgIpc) is 3.96. The minimum absolute atomic E-state index is 0.239. The van der Waals surface area contributed by atoms with Crippen LogP contribution < -0.4 is 14.8 Å². The lowest BCUT2D eigenvalue weighted by Gasteiger charge is -2.38. The van der Waals surface area contributed by atoms with Crippen LogP contribution in [-0.2, 0) is 20.6 Å². The lowest BCUT2D eigenvalue weighted by Crippen LogP contribution is -2.38. The fraction of sp³-hybridized carbons (Fsp3) is 0.160. The molecule has 1 N–H and O–H groups in total. The molecule has 0 spiro atoms. The van der Waals surface area contributed by atoms with E-state index >= 15 is 0 Å².